The van der Waals surface area contributed by atoms with Gasteiger partial charge in [-0.1, -0.05) is 17.7 Å². The van der Waals surface area contributed by atoms with Crippen LogP contribution in [-0.4, -0.2) is 23.9 Å². The zero-order chi connectivity index (χ0) is 20.8. The Morgan fingerprint density at radius 2 is 1.93 bits per heavy atom. The van der Waals surface area contributed by atoms with Crippen molar-refractivity contribution >= 4 is 26.8 Å². The van der Waals surface area contributed by atoms with E-state index >= 15 is 0 Å². The van der Waals surface area contributed by atoms with Gasteiger partial charge in [0, 0.05) is 18.5 Å². The minimum atomic E-state index is -3.92. The van der Waals surface area contributed by atoms with Crippen LogP contribution >= 0.6 is 0 Å². The fourth-order valence-corrected chi connectivity index (χ4v) is 4.63. The van der Waals surface area contributed by atoms with Gasteiger partial charge in [0.05, 0.1) is 15.8 Å². The van der Waals surface area contributed by atoms with Gasteiger partial charge in [-0.3, -0.25) is 19.6 Å². The van der Waals surface area contributed by atoms with Crippen LogP contribution in [0.5, 0.6) is 0 Å². The highest BCUT2D eigenvalue weighted by Crippen LogP contribution is 2.17. The van der Waals surface area contributed by atoms with Gasteiger partial charge in [-0.2, -0.15) is 0 Å². The third-order valence-electron chi connectivity index (χ3n) is 5.00. The number of rotatable bonds is 4. The Balaban J connectivity index is 1.58. The van der Waals surface area contributed by atoms with Crippen molar-refractivity contribution in [1.82, 2.24) is 19.8 Å². The number of nitrogens with zero attached hydrogens (tertiary/aromatic N) is 2. The first-order valence-electron chi connectivity index (χ1n) is 9.19. The van der Waals surface area contributed by atoms with E-state index < -0.39 is 15.9 Å². The summed E-state index contributed by atoms with van der Waals surface area (Å²) in [7, 11) is -3.92. The molecule has 4 rings (SSSR count). The molecule has 29 heavy (non-hydrogen) atoms. The van der Waals surface area contributed by atoms with Crippen molar-refractivity contribution in [2.24, 2.45) is 0 Å². The average molecular weight is 412 g/mol. The van der Waals surface area contributed by atoms with E-state index in [4.69, 9.17) is 0 Å². The highest BCUT2D eigenvalue weighted by atomic mass is 32.2. The van der Waals surface area contributed by atoms with Gasteiger partial charge in [0.1, 0.15) is 5.82 Å². The molecule has 0 atom stereocenters. The predicted molar refractivity (Wildman–Crippen MR) is 108 cm³/mol. The number of sulfonamides is 1. The summed E-state index contributed by atoms with van der Waals surface area (Å²) >= 11 is 0. The number of aromatic nitrogens is 2. The van der Waals surface area contributed by atoms with Gasteiger partial charge in [0.25, 0.3) is 21.5 Å². The van der Waals surface area contributed by atoms with Crippen LogP contribution in [0.1, 0.15) is 33.7 Å². The molecule has 1 amide bonds. The quantitative estimate of drug-likeness (QED) is 0.632. The SMILES string of the molecule is Cc1ccc(S(=O)(=O)NNC(=O)c2ccc3c(=O)n4c(nc3c2)CCC4)c(C)c1. The van der Waals surface area contributed by atoms with E-state index in [1.165, 1.54) is 18.2 Å². The molecule has 150 valence electrons. The van der Waals surface area contributed by atoms with E-state index in [9.17, 15) is 18.0 Å². The molecule has 8 nitrogen and oxygen atoms in total. The lowest BCUT2D eigenvalue weighted by Crippen LogP contribution is -2.41. The molecule has 2 aromatic carbocycles. The van der Waals surface area contributed by atoms with Crippen LogP contribution in [0.2, 0.25) is 0 Å². The maximum atomic E-state index is 12.5. The number of carbonyl (C=O) groups is 1. The molecule has 0 fully saturated rings. The molecule has 9 heteroatoms. The largest absolute Gasteiger partial charge is 0.296 e. The van der Waals surface area contributed by atoms with Crippen molar-refractivity contribution in [3.8, 4) is 0 Å². The number of carbonyl (C=O) groups excluding carboxylic acids is 1. The first kappa shape index (κ1) is 19.3. The highest BCUT2D eigenvalue weighted by molar-refractivity contribution is 7.89. The van der Waals surface area contributed by atoms with E-state index in [-0.39, 0.29) is 16.0 Å². The van der Waals surface area contributed by atoms with Crippen LogP contribution in [-0.2, 0) is 23.0 Å². The molecule has 1 aliphatic rings. The smallest absolute Gasteiger partial charge is 0.266 e. The Labute approximate surface area is 167 Å². The van der Waals surface area contributed by atoms with E-state index in [1.807, 2.05) is 6.92 Å². The number of hydrogen-bond donors (Lipinski definition) is 2. The topological polar surface area (TPSA) is 110 Å². The molecule has 0 saturated heterocycles. The van der Waals surface area contributed by atoms with Gasteiger partial charge in [0.2, 0.25) is 0 Å². The summed E-state index contributed by atoms with van der Waals surface area (Å²) in [5.41, 5.74) is 4.25. The van der Waals surface area contributed by atoms with E-state index in [0.29, 0.717) is 28.8 Å². The molecule has 0 bridgehead atoms. The van der Waals surface area contributed by atoms with Crippen LogP contribution in [0.25, 0.3) is 10.9 Å². The Bertz CT molecular complexity index is 1310. The van der Waals surface area contributed by atoms with Gasteiger partial charge >= 0.3 is 0 Å². The molecular formula is C20H20N4O4S. The molecule has 0 radical (unpaired) electrons. The molecule has 0 unspecified atom stereocenters. The molecule has 3 aromatic rings. The monoisotopic (exact) mass is 412 g/mol. The second-order valence-electron chi connectivity index (χ2n) is 7.15. The normalized spacial score (nSPS) is 13.4. The zero-order valence-electron chi connectivity index (χ0n) is 16.0. The highest BCUT2D eigenvalue weighted by Gasteiger charge is 2.20. The summed E-state index contributed by atoms with van der Waals surface area (Å²) in [4.78, 5) is 31.7. The predicted octanol–water partition coefficient (Wildman–Crippen LogP) is 1.58. The van der Waals surface area contributed by atoms with Crippen LogP contribution in [0.4, 0.5) is 0 Å². The third kappa shape index (κ3) is 3.54. The summed E-state index contributed by atoms with van der Waals surface area (Å²) in [6.45, 7) is 4.21. The van der Waals surface area contributed by atoms with Crippen LogP contribution in [0.3, 0.4) is 0 Å². The number of hydrazine groups is 1. The van der Waals surface area contributed by atoms with E-state index in [2.05, 4.69) is 15.2 Å². The standard InChI is InChI=1S/C20H20N4O4S/c1-12-5-8-17(13(2)10-12)29(27,28)23-22-19(25)14-6-7-15-16(11-14)21-18-4-3-9-24(18)20(15)26/h5-8,10-11,23H,3-4,9H2,1-2H3,(H,22,25). The summed E-state index contributed by atoms with van der Waals surface area (Å²) in [6, 6.07) is 9.46. The van der Waals surface area contributed by atoms with E-state index in [0.717, 1.165) is 18.4 Å². The molecule has 0 spiro atoms. The molecule has 0 saturated carbocycles. The number of fused-ring (bicyclic) bond motifs is 2. The molecule has 2 N–H and O–H groups in total. The molecule has 2 heterocycles. The van der Waals surface area contributed by atoms with Gasteiger partial charge < -0.3 is 0 Å². The Hall–Kier alpha value is -3.04. The summed E-state index contributed by atoms with van der Waals surface area (Å²) < 4.78 is 26.7. The van der Waals surface area contributed by atoms with Crippen molar-refractivity contribution in [3.05, 3.63) is 69.3 Å². The van der Waals surface area contributed by atoms with Crippen molar-refractivity contribution < 1.29 is 13.2 Å². The minimum Gasteiger partial charge on any atom is -0.296 e. The fourth-order valence-electron chi connectivity index (χ4n) is 3.57. The van der Waals surface area contributed by atoms with Crippen molar-refractivity contribution in [1.29, 1.82) is 0 Å². The van der Waals surface area contributed by atoms with Crippen LogP contribution in [0, 0.1) is 13.8 Å². The third-order valence-corrected chi connectivity index (χ3v) is 6.41. The fraction of sp³-hybridized carbons (Fsp3) is 0.250. The van der Waals surface area contributed by atoms with Gasteiger partial charge in [-0.05, 0) is 50.1 Å². The first-order valence-corrected chi connectivity index (χ1v) is 10.7. The lowest BCUT2D eigenvalue weighted by Gasteiger charge is -2.11. The zero-order valence-corrected chi connectivity index (χ0v) is 16.8. The minimum absolute atomic E-state index is 0.0900. The molecule has 0 aliphatic carbocycles. The number of amides is 1. The van der Waals surface area contributed by atoms with Crippen LogP contribution < -0.4 is 15.8 Å². The van der Waals surface area contributed by atoms with Crippen molar-refractivity contribution in [2.45, 2.75) is 38.1 Å². The maximum Gasteiger partial charge on any atom is 0.266 e. The average Bonchev–Trinajstić information content (AvgIpc) is 3.14. The Kier molecular flexibility index (Phi) is 4.71. The van der Waals surface area contributed by atoms with Gasteiger partial charge in [-0.25, -0.2) is 13.4 Å². The molecule has 1 aliphatic heterocycles. The summed E-state index contributed by atoms with van der Waals surface area (Å²) in [5, 5.41) is 0.433. The number of nitrogens with one attached hydrogen (secondary N) is 2. The van der Waals surface area contributed by atoms with Gasteiger partial charge in [-0.15, -0.1) is 4.83 Å². The van der Waals surface area contributed by atoms with Crippen LogP contribution in [0.15, 0.2) is 46.1 Å². The molecular weight excluding hydrogens is 392 g/mol. The second-order valence-corrected chi connectivity index (χ2v) is 8.80. The lowest BCUT2D eigenvalue weighted by atomic mass is 10.1. The maximum absolute atomic E-state index is 12.5. The summed E-state index contributed by atoms with van der Waals surface area (Å²) in [5.74, 6) is 0.0678. The first-order chi connectivity index (χ1) is 13.8. The van der Waals surface area contributed by atoms with Gasteiger partial charge in [0.15, 0.2) is 0 Å². The Morgan fingerprint density at radius 1 is 1.14 bits per heavy atom. The number of benzene rings is 2. The second kappa shape index (κ2) is 7.09. The molecule has 1 aromatic heterocycles. The Morgan fingerprint density at radius 3 is 2.69 bits per heavy atom. The number of hydrogen-bond acceptors (Lipinski definition) is 5. The lowest BCUT2D eigenvalue weighted by molar-refractivity contribution is 0.0945. The van der Waals surface area contributed by atoms with Crippen molar-refractivity contribution in [2.75, 3.05) is 0 Å². The van der Waals surface area contributed by atoms with Crippen molar-refractivity contribution in [3.63, 3.8) is 0 Å². The van der Waals surface area contributed by atoms with E-state index in [1.54, 1.807) is 29.7 Å². The number of aryl methyl sites for hydroxylation is 3. The summed E-state index contributed by atoms with van der Waals surface area (Å²) in [6.07, 6.45) is 1.59.